The number of ether oxygens (including phenoxy) is 4. The summed E-state index contributed by atoms with van der Waals surface area (Å²) in [5, 5.41) is 0. The van der Waals surface area contributed by atoms with Crippen LogP contribution >= 0.6 is 0 Å². The van der Waals surface area contributed by atoms with Crippen LogP contribution in [0.3, 0.4) is 0 Å². The first-order chi connectivity index (χ1) is 14.5. The van der Waals surface area contributed by atoms with Crippen molar-refractivity contribution in [2.45, 2.75) is 38.0 Å². The lowest BCUT2D eigenvalue weighted by molar-refractivity contribution is -0.275. The maximum absolute atomic E-state index is 12.2. The van der Waals surface area contributed by atoms with Crippen LogP contribution in [0.1, 0.15) is 25.0 Å². The van der Waals surface area contributed by atoms with E-state index in [0.29, 0.717) is 0 Å². The Balaban J connectivity index is 2.04. The van der Waals surface area contributed by atoms with Crippen LogP contribution in [0.2, 0.25) is 0 Å². The SMILES string of the molecule is CC(N)(OC(=O)OC(C)(N)c1ccc(OC(F)(F)F)cc1)c1ccc(OC(F)(F)F)cc1. The molecule has 0 heterocycles. The lowest BCUT2D eigenvalue weighted by Gasteiger charge is -2.29. The topological polar surface area (TPSA) is 106 Å². The molecule has 2 aromatic rings. The molecule has 176 valence electrons. The van der Waals surface area contributed by atoms with Gasteiger partial charge >= 0.3 is 18.9 Å². The van der Waals surface area contributed by atoms with Crippen molar-refractivity contribution in [1.29, 1.82) is 0 Å². The summed E-state index contributed by atoms with van der Waals surface area (Å²) >= 11 is 0. The molecule has 0 aliphatic rings. The van der Waals surface area contributed by atoms with Crippen molar-refractivity contribution in [2.24, 2.45) is 11.5 Å². The highest BCUT2D eigenvalue weighted by Gasteiger charge is 2.35. The van der Waals surface area contributed by atoms with Crippen molar-refractivity contribution in [3.05, 3.63) is 59.7 Å². The monoisotopic (exact) mass is 468 g/mol. The Morgan fingerprint density at radius 2 is 0.938 bits per heavy atom. The van der Waals surface area contributed by atoms with E-state index >= 15 is 0 Å². The number of nitrogens with two attached hydrogens (primary N) is 2. The van der Waals surface area contributed by atoms with Gasteiger partial charge in [-0.25, -0.2) is 4.79 Å². The molecule has 13 heteroatoms. The van der Waals surface area contributed by atoms with Gasteiger partial charge in [0.1, 0.15) is 11.5 Å². The Morgan fingerprint density at radius 1 is 0.656 bits per heavy atom. The van der Waals surface area contributed by atoms with E-state index in [1.54, 1.807) is 0 Å². The van der Waals surface area contributed by atoms with E-state index in [4.69, 9.17) is 20.9 Å². The normalized spacial score (nSPS) is 15.8. The molecular formula is C19H18F6N2O5. The third kappa shape index (κ3) is 7.50. The summed E-state index contributed by atoms with van der Waals surface area (Å²) in [5.41, 5.74) is 8.37. The largest absolute Gasteiger partial charge is 0.573 e. The molecule has 0 amide bonds. The Kier molecular flexibility index (Phi) is 6.85. The molecular weight excluding hydrogens is 450 g/mol. The average Bonchev–Trinajstić information content (AvgIpc) is 2.58. The van der Waals surface area contributed by atoms with E-state index in [2.05, 4.69) is 9.47 Å². The number of rotatable bonds is 6. The Morgan fingerprint density at radius 3 is 1.19 bits per heavy atom. The lowest BCUT2D eigenvalue weighted by Crippen LogP contribution is -2.43. The summed E-state index contributed by atoms with van der Waals surface area (Å²) in [4.78, 5) is 12.2. The molecule has 0 radical (unpaired) electrons. The first-order valence-electron chi connectivity index (χ1n) is 8.69. The van der Waals surface area contributed by atoms with Crippen molar-refractivity contribution < 1.29 is 50.1 Å². The van der Waals surface area contributed by atoms with Crippen LogP contribution in [0.15, 0.2) is 48.5 Å². The third-order valence-corrected chi connectivity index (χ3v) is 3.91. The van der Waals surface area contributed by atoms with E-state index in [0.717, 1.165) is 48.5 Å². The molecule has 0 aromatic heterocycles. The second-order valence-corrected chi connectivity index (χ2v) is 6.81. The summed E-state index contributed by atoms with van der Waals surface area (Å²) in [5.74, 6) is -1.01. The lowest BCUT2D eigenvalue weighted by atomic mass is 10.1. The standard InChI is InChI=1S/C19H18F6N2O5/c1-16(26,11-3-7-13(8-4-11)29-18(20,21)22)31-15(28)32-17(2,27)12-5-9-14(10-6-12)30-19(23,24)25/h3-10H,26-27H2,1-2H3. The maximum Gasteiger partial charge on any atom is 0.573 e. The van der Waals surface area contributed by atoms with Crippen LogP contribution < -0.4 is 20.9 Å². The summed E-state index contributed by atoms with van der Waals surface area (Å²) < 4.78 is 90.9. The zero-order valence-corrected chi connectivity index (χ0v) is 16.6. The molecule has 0 aliphatic carbocycles. The van der Waals surface area contributed by atoms with Gasteiger partial charge in [-0.05, 0) is 62.4 Å². The summed E-state index contributed by atoms with van der Waals surface area (Å²) in [6.45, 7) is 2.48. The minimum atomic E-state index is -4.88. The first-order valence-corrected chi connectivity index (χ1v) is 8.69. The second kappa shape index (κ2) is 8.74. The Bertz CT molecular complexity index is 850. The minimum absolute atomic E-state index is 0.108. The highest BCUT2D eigenvalue weighted by Crippen LogP contribution is 2.29. The zero-order valence-electron chi connectivity index (χ0n) is 16.6. The van der Waals surface area contributed by atoms with Gasteiger partial charge in [-0.2, -0.15) is 0 Å². The minimum Gasteiger partial charge on any atom is -0.409 e. The summed E-state index contributed by atoms with van der Waals surface area (Å²) in [6, 6.07) is 8.48. The fourth-order valence-electron chi connectivity index (χ4n) is 2.46. The number of benzene rings is 2. The predicted octanol–water partition coefficient (Wildman–Crippen LogP) is 4.60. The predicted molar refractivity (Wildman–Crippen MR) is 96.9 cm³/mol. The van der Waals surface area contributed by atoms with Crippen molar-refractivity contribution in [2.75, 3.05) is 0 Å². The molecule has 0 spiro atoms. The van der Waals surface area contributed by atoms with E-state index in [-0.39, 0.29) is 11.1 Å². The molecule has 0 saturated heterocycles. The number of hydrogen-bond donors (Lipinski definition) is 2. The van der Waals surface area contributed by atoms with Gasteiger partial charge < -0.3 is 18.9 Å². The third-order valence-electron chi connectivity index (χ3n) is 3.91. The second-order valence-electron chi connectivity index (χ2n) is 6.81. The van der Waals surface area contributed by atoms with Gasteiger partial charge in [-0.15, -0.1) is 26.3 Å². The zero-order chi connectivity index (χ0) is 24.4. The Hall–Kier alpha value is -3.19. The van der Waals surface area contributed by atoms with Crippen molar-refractivity contribution in [3.63, 3.8) is 0 Å². The molecule has 0 bridgehead atoms. The molecule has 0 aliphatic heterocycles. The van der Waals surface area contributed by atoms with Gasteiger partial charge in [0, 0.05) is 11.1 Å². The molecule has 2 unspecified atom stereocenters. The van der Waals surface area contributed by atoms with E-state index in [9.17, 15) is 31.1 Å². The summed E-state index contributed by atoms with van der Waals surface area (Å²) in [6.07, 6.45) is -11.1. The van der Waals surface area contributed by atoms with Crippen molar-refractivity contribution >= 4 is 6.16 Å². The van der Waals surface area contributed by atoms with Gasteiger partial charge in [0.15, 0.2) is 11.4 Å². The number of carbonyl (C=O) groups is 1. The molecule has 2 atom stereocenters. The first kappa shape index (κ1) is 25.1. The molecule has 7 nitrogen and oxygen atoms in total. The molecule has 0 saturated carbocycles. The van der Waals surface area contributed by atoms with Crippen LogP contribution in [0.5, 0.6) is 11.5 Å². The fourth-order valence-corrected chi connectivity index (χ4v) is 2.46. The molecule has 0 fully saturated rings. The Labute approximate surface area is 177 Å². The highest BCUT2D eigenvalue weighted by atomic mass is 19.4. The number of alkyl halides is 6. The van der Waals surface area contributed by atoms with Crippen LogP contribution in [-0.2, 0) is 20.9 Å². The highest BCUT2D eigenvalue weighted by molar-refractivity contribution is 5.62. The molecule has 2 rings (SSSR count). The number of carbonyl (C=O) groups excluding carboxylic acids is 1. The van der Waals surface area contributed by atoms with Gasteiger partial charge in [0.2, 0.25) is 0 Å². The van der Waals surface area contributed by atoms with Gasteiger partial charge in [-0.3, -0.25) is 11.5 Å². The molecule has 2 aromatic carbocycles. The molecule has 32 heavy (non-hydrogen) atoms. The fraction of sp³-hybridized carbons (Fsp3) is 0.316. The van der Waals surface area contributed by atoms with Gasteiger partial charge in [0.05, 0.1) is 0 Å². The van der Waals surface area contributed by atoms with Gasteiger partial charge in [-0.1, -0.05) is 0 Å². The number of halogens is 6. The van der Waals surface area contributed by atoms with E-state index in [1.807, 2.05) is 0 Å². The summed E-state index contributed by atoms with van der Waals surface area (Å²) in [7, 11) is 0. The number of hydrogen-bond acceptors (Lipinski definition) is 7. The van der Waals surface area contributed by atoms with Crippen LogP contribution in [0.25, 0.3) is 0 Å². The van der Waals surface area contributed by atoms with Gasteiger partial charge in [0.25, 0.3) is 0 Å². The van der Waals surface area contributed by atoms with Crippen LogP contribution in [0.4, 0.5) is 31.1 Å². The van der Waals surface area contributed by atoms with Crippen molar-refractivity contribution in [3.8, 4) is 11.5 Å². The van der Waals surface area contributed by atoms with E-state index in [1.165, 1.54) is 13.8 Å². The van der Waals surface area contributed by atoms with Crippen LogP contribution in [0, 0.1) is 0 Å². The van der Waals surface area contributed by atoms with E-state index < -0.39 is 41.8 Å². The average molecular weight is 468 g/mol. The van der Waals surface area contributed by atoms with Crippen LogP contribution in [-0.4, -0.2) is 18.9 Å². The smallest absolute Gasteiger partial charge is 0.409 e. The maximum atomic E-state index is 12.2. The molecule has 4 N–H and O–H groups in total. The quantitative estimate of drug-likeness (QED) is 0.363. The van der Waals surface area contributed by atoms with Crippen molar-refractivity contribution in [1.82, 2.24) is 0 Å².